The molecule has 0 saturated carbocycles. The summed E-state index contributed by atoms with van der Waals surface area (Å²) in [6.07, 6.45) is 1.71. The zero-order valence-corrected chi connectivity index (χ0v) is 30.5. The summed E-state index contributed by atoms with van der Waals surface area (Å²) in [5, 5.41) is 14.1. The Morgan fingerprint density at radius 2 is 1.33 bits per heavy atom. The Morgan fingerprint density at radius 1 is 0.765 bits per heavy atom. The van der Waals surface area contributed by atoms with Crippen molar-refractivity contribution in [2.75, 3.05) is 139 Å². The second-order valence-corrected chi connectivity index (χ2v) is 12.2. The number of ether oxygens (including phenoxy) is 4. The van der Waals surface area contributed by atoms with Gasteiger partial charge < -0.3 is 43.4 Å². The number of hydrogen-bond donors (Lipinski definition) is 0. The van der Waals surface area contributed by atoms with Crippen LogP contribution in [0.5, 0.6) is 0 Å². The predicted octanol–water partition coefficient (Wildman–Crippen LogP) is 1.58. The van der Waals surface area contributed by atoms with Gasteiger partial charge in [0, 0.05) is 101 Å². The Labute approximate surface area is 299 Å². The van der Waals surface area contributed by atoms with Crippen LogP contribution in [0, 0.1) is 11.3 Å². The first-order valence-corrected chi connectivity index (χ1v) is 17.0. The molecule has 3 aromatic heterocycles. The molecule has 51 heavy (non-hydrogen) atoms. The van der Waals surface area contributed by atoms with Gasteiger partial charge in [-0.1, -0.05) is 12.1 Å². The molecule has 1 aliphatic rings. The maximum Gasteiger partial charge on any atom is 0.244 e. The first-order valence-electron chi connectivity index (χ1n) is 17.0. The topological polar surface area (TPSA) is 159 Å². The zero-order valence-electron chi connectivity index (χ0n) is 30.5. The van der Waals surface area contributed by atoms with Gasteiger partial charge in [-0.05, 0) is 17.7 Å². The van der Waals surface area contributed by atoms with Gasteiger partial charge >= 0.3 is 0 Å². The normalized spacial score (nSPS) is 13.1. The SMILES string of the molecule is COCCN(CCOC)c1nc(N2CCN(c3ncn(C)n3)CC2)c2nc(N(CCOC)CCOC)nc(N(C)Cc3cccc(C#N)c3)c2n1. The molecule has 1 aliphatic heterocycles. The van der Waals surface area contributed by atoms with Gasteiger partial charge in [0.2, 0.25) is 17.8 Å². The molecule has 4 heterocycles. The van der Waals surface area contributed by atoms with Gasteiger partial charge in [-0.15, -0.1) is 5.10 Å². The van der Waals surface area contributed by atoms with Gasteiger partial charge in [0.1, 0.15) is 17.4 Å². The zero-order chi connectivity index (χ0) is 36.2. The monoisotopic (exact) mass is 703 g/mol. The summed E-state index contributed by atoms with van der Waals surface area (Å²) < 4.78 is 23.6. The molecule has 0 N–H and O–H groups in total. The maximum absolute atomic E-state index is 9.57. The van der Waals surface area contributed by atoms with E-state index in [-0.39, 0.29) is 0 Å². The highest BCUT2D eigenvalue weighted by Crippen LogP contribution is 2.34. The minimum absolute atomic E-state index is 0.483. The van der Waals surface area contributed by atoms with Gasteiger partial charge in [0.25, 0.3) is 0 Å². The molecular formula is C34H49N13O4. The maximum atomic E-state index is 9.57. The third kappa shape index (κ3) is 9.47. The standard InChI is InChI=1S/C34H49N13O4/c1-42(24-27-9-7-8-26(22-27)23-35)30-28-29(38-33(39-30)46(14-18-48-3)15-19-49-4)31(40-34(37-28)47(16-20-50-5)17-21-51-6)44-10-12-45(13-11-44)32-36-25-43(2)41-32/h7-9,22,25H,10-21,24H2,1-6H3. The lowest BCUT2D eigenvalue weighted by molar-refractivity contribution is 0.189. The Hall–Kier alpha value is -4.89. The van der Waals surface area contributed by atoms with Crippen LogP contribution in [0.1, 0.15) is 11.1 Å². The van der Waals surface area contributed by atoms with Gasteiger partial charge in [-0.2, -0.15) is 15.2 Å². The van der Waals surface area contributed by atoms with Crippen molar-refractivity contribution in [3.05, 3.63) is 41.7 Å². The molecule has 0 atom stereocenters. The highest BCUT2D eigenvalue weighted by atomic mass is 16.5. The number of rotatable bonds is 19. The quantitative estimate of drug-likeness (QED) is 0.138. The minimum atomic E-state index is 0.483. The molecule has 1 aromatic carbocycles. The number of nitriles is 1. The van der Waals surface area contributed by atoms with Crippen molar-refractivity contribution in [1.29, 1.82) is 5.26 Å². The van der Waals surface area contributed by atoms with Crippen molar-refractivity contribution in [2.45, 2.75) is 6.54 Å². The smallest absolute Gasteiger partial charge is 0.244 e. The van der Waals surface area contributed by atoms with E-state index in [2.05, 4.69) is 40.7 Å². The van der Waals surface area contributed by atoms with Gasteiger partial charge in [0.05, 0.1) is 38.1 Å². The third-order valence-electron chi connectivity index (χ3n) is 8.60. The molecule has 0 bridgehead atoms. The molecule has 5 rings (SSSR count). The molecule has 1 fully saturated rings. The Kier molecular flexibility index (Phi) is 13.5. The number of piperazine rings is 1. The first-order chi connectivity index (χ1) is 24.9. The van der Waals surface area contributed by atoms with Gasteiger partial charge in [-0.3, -0.25) is 4.68 Å². The number of nitrogens with zero attached hydrogens (tertiary/aromatic N) is 13. The van der Waals surface area contributed by atoms with Crippen molar-refractivity contribution < 1.29 is 18.9 Å². The van der Waals surface area contributed by atoms with E-state index in [4.69, 9.17) is 38.9 Å². The molecule has 0 radical (unpaired) electrons. The van der Waals surface area contributed by atoms with Crippen LogP contribution >= 0.6 is 0 Å². The lowest BCUT2D eigenvalue weighted by Crippen LogP contribution is -2.47. The largest absolute Gasteiger partial charge is 0.383 e. The molecule has 17 heteroatoms. The van der Waals surface area contributed by atoms with Crippen LogP contribution in [-0.2, 0) is 32.5 Å². The number of fused-ring (bicyclic) bond motifs is 1. The molecular weight excluding hydrogens is 654 g/mol. The summed E-state index contributed by atoms with van der Waals surface area (Å²) in [5.41, 5.74) is 2.82. The summed E-state index contributed by atoms with van der Waals surface area (Å²) in [6.45, 7) is 7.43. The molecule has 0 amide bonds. The van der Waals surface area contributed by atoms with E-state index >= 15 is 0 Å². The second kappa shape index (κ2) is 18.4. The average Bonchev–Trinajstić information content (AvgIpc) is 3.60. The fourth-order valence-electron chi connectivity index (χ4n) is 5.84. The molecule has 274 valence electrons. The van der Waals surface area contributed by atoms with E-state index in [0.29, 0.717) is 131 Å². The van der Waals surface area contributed by atoms with Gasteiger partial charge in [0.15, 0.2) is 11.6 Å². The third-order valence-corrected chi connectivity index (χ3v) is 8.60. The van der Waals surface area contributed by atoms with E-state index in [1.165, 1.54) is 0 Å². The summed E-state index contributed by atoms with van der Waals surface area (Å²) in [4.78, 5) is 35.9. The number of hydrogen-bond acceptors (Lipinski definition) is 16. The molecule has 0 unspecified atom stereocenters. The van der Waals surface area contributed by atoms with Crippen molar-refractivity contribution in [1.82, 2.24) is 34.7 Å². The van der Waals surface area contributed by atoms with E-state index in [9.17, 15) is 5.26 Å². The van der Waals surface area contributed by atoms with Crippen molar-refractivity contribution in [3.63, 3.8) is 0 Å². The van der Waals surface area contributed by atoms with E-state index in [1.807, 2.05) is 32.3 Å². The van der Waals surface area contributed by atoms with Crippen LogP contribution in [0.4, 0.5) is 29.5 Å². The summed E-state index contributed by atoms with van der Waals surface area (Å²) >= 11 is 0. The second-order valence-electron chi connectivity index (χ2n) is 12.2. The van der Waals surface area contributed by atoms with E-state index < -0.39 is 0 Å². The van der Waals surface area contributed by atoms with E-state index in [0.717, 1.165) is 5.56 Å². The minimum Gasteiger partial charge on any atom is -0.383 e. The Bertz CT molecular complexity index is 1730. The molecule has 0 spiro atoms. The van der Waals surface area contributed by atoms with Crippen molar-refractivity contribution in [2.24, 2.45) is 7.05 Å². The molecule has 0 aliphatic carbocycles. The number of methoxy groups -OCH3 is 4. The fraction of sp³-hybridized carbons (Fsp3) is 0.559. The van der Waals surface area contributed by atoms with E-state index in [1.54, 1.807) is 45.5 Å². The first kappa shape index (κ1) is 37.4. The van der Waals surface area contributed by atoms with Crippen molar-refractivity contribution >= 4 is 40.5 Å². The Balaban J connectivity index is 1.67. The van der Waals surface area contributed by atoms with Crippen LogP contribution in [0.2, 0.25) is 0 Å². The molecule has 17 nitrogen and oxygen atoms in total. The lowest BCUT2D eigenvalue weighted by Gasteiger charge is -2.36. The van der Waals surface area contributed by atoms with Crippen LogP contribution < -0.4 is 24.5 Å². The summed E-state index contributed by atoms with van der Waals surface area (Å²) in [7, 11) is 10.6. The lowest BCUT2D eigenvalue weighted by atomic mass is 10.1. The number of benzene rings is 1. The number of anilines is 5. The van der Waals surface area contributed by atoms with Crippen LogP contribution in [0.25, 0.3) is 11.0 Å². The highest BCUT2D eigenvalue weighted by molar-refractivity contribution is 5.95. The number of aryl methyl sites for hydroxylation is 1. The van der Waals surface area contributed by atoms with Crippen LogP contribution in [-0.4, -0.2) is 149 Å². The number of aromatic nitrogens is 7. The van der Waals surface area contributed by atoms with Crippen molar-refractivity contribution in [3.8, 4) is 6.07 Å². The van der Waals surface area contributed by atoms with Crippen LogP contribution in [0.3, 0.4) is 0 Å². The predicted molar refractivity (Wildman–Crippen MR) is 196 cm³/mol. The van der Waals surface area contributed by atoms with Crippen LogP contribution in [0.15, 0.2) is 30.6 Å². The average molecular weight is 704 g/mol. The fourth-order valence-corrected chi connectivity index (χ4v) is 5.84. The van der Waals surface area contributed by atoms with Gasteiger partial charge in [-0.25, -0.2) is 15.0 Å². The Morgan fingerprint density at radius 3 is 1.88 bits per heavy atom. The molecule has 1 saturated heterocycles. The molecule has 4 aromatic rings. The summed E-state index contributed by atoms with van der Waals surface area (Å²) in [5.74, 6) is 3.11. The summed E-state index contributed by atoms with van der Waals surface area (Å²) in [6, 6.07) is 9.84. The highest BCUT2D eigenvalue weighted by Gasteiger charge is 2.28.